The minimum absolute atomic E-state index is 0.383. The number of likely N-dealkylation sites (tertiary alicyclic amines) is 1. The Bertz CT molecular complexity index is 410. The van der Waals surface area contributed by atoms with Crippen LogP contribution in [0.5, 0.6) is 0 Å². The maximum atomic E-state index is 10.2. The van der Waals surface area contributed by atoms with Crippen LogP contribution in [-0.4, -0.2) is 29.6 Å². The maximum Gasteiger partial charge on any atom is 0.0802 e. The second-order valence-electron chi connectivity index (χ2n) is 6.36. The molecule has 1 unspecified atom stereocenters. The summed E-state index contributed by atoms with van der Waals surface area (Å²) in [6, 6.07) is 7.51. The van der Waals surface area contributed by atoms with E-state index in [1.807, 2.05) is 24.3 Å². The number of rotatable bonds is 5. The standard InChI is InChI=1S/C17H26ClNO/c1-3-17(2)9-12-19(13-10-17)11-8-16(20)14-4-6-15(18)7-5-14/h4-7,16,20H,3,8-13H2,1-2H3. The van der Waals surface area contributed by atoms with Crippen LogP contribution < -0.4 is 0 Å². The minimum Gasteiger partial charge on any atom is -0.388 e. The van der Waals surface area contributed by atoms with Crippen LogP contribution in [0.3, 0.4) is 0 Å². The van der Waals surface area contributed by atoms with Gasteiger partial charge in [-0.1, -0.05) is 44.0 Å². The average Bonchev–Trinajstić information content (AvgIpc) is 2.47. The highest BCUT2D eigenvalue weighted by atomic mass is 35.5. The minimum atomic E-state index is -0.383. The lowest BCUT2D eigenvalue weighted by atomic mass is 9.78. The number of halogens is 1. The molecule has 1 aliphatic heterocycles. The molecule has 1 heterocycles. The van der Waals surface area contributed by atoms with E-state index in [1.54, 1.807) is 0 Å². The molecule has 0 spiro atoms. The molecule has 0 aliphatic carbocycles. The van der Waals surface area contributed by atoms with Crippen molar-refractivity contribution >= 4 is 11.6 Å². The topological polar surface area (TPSA) is 23.5 Å². The van der Waals surface area contributed by atoms with E-state index in [0.29, 0.717) is 5.41 Å². The van der Waals surface area contributed by atoms with Crippen molar-refractivity contribution in [3.63, 3.8) is 0 Å². The first-order valence-electron chi connectivity index (χ1n) is 7.68. The van der Waals surface area contributed by atoms with Crippen molar-refractivity contribution in [2.24, 2.45) is 5.41 Å². The van der Waals surface area contributed by atoms with Crippen molar-refractivity contribution in [3.05, 3.63) is 34.9 Å². The maximum absolute atomic E-state index is 10.2. The zero-order valence-electron chi connectivity index (χ0n) is 12.6. The van der Waals surface area contributed by atoms with Gasteiger partial charge in [-0.3, -0.25) is 0 Å². The van der Waals surface area contributed by atoms with Crippen LogP contribution in [0.25, 0.3) is 0 Å². The van der Waals surface area contributed by atoms with E-state index in [1.165, 1.54) is 19.3 Å². The predicted molar refractivity (Wildman–Crippen MR) is 85.1 cm³/mol. The number of hydrogen-bond acceptors (Lipinski definition) is 2. The molecule has 1 aliphatic rings. The molecule has 3 heteroatoms. The van der Waals surface area contributed by atoms with Gasteiger partial charge in [-0.05, 0) is 55.5 Å². The van der Waals surface area contributed by atoms with Gasteiger partial charge in [0.15, 0.2) is 0 Å². The third-order valence-corrected chi connectivity index (χ3v) is 5.14. The van der Waals surface area contributed by atoms with Crippen molar-refractivity contribution in [1.29, 1.82) is 0 Å². The Kier molecular flexibility index (Phi) is 5.48. The van der Waals surface area contributed by atoms with Gasteiger partial charge in [0, 0.05) is 11.6 Å². The zero-order chi connectivity index (χ0) is 14.6. The van der Waals surface area contributed by atoms with E-state index >= 15 is 0 Å². The summed E-state index contributed by atoms with van der Waals surface area (Å²) in [5.74, 6) is 0. The summed E-state index contributed by atoms with van der Waals surface area (Å²) in [6.45, 7) is 7.99. The molecule has 1 saturated heterocycles. The predicted octanol–water partition coefficient (Wildman–Crippen LogP) is 4.28. The molecule has 0 amide bonds. The summed E-state index contributed by atoms with van der Waals surface area (Å²) in [5, 5.41) is 10.9. The summed E-state index contributed by atoms with van der Waals surface area (Å²) in [4.78, 5) is 2.48. The smallest absolute Gasteiger partial charge is 0.0802 e. The highest BCUT2D eigenvalue weighted by Gasteiger charge is 2.28. The molecule has 1 aromatic carbocycles. The van der Waals surface area contributed by atoms with Crippen molar-refractivity contribution in [1.82, 2.24) is 4.90 Å². The Labute approximate surface area is 127 Å². The second-order valence-corrected chi connectivity index (χ2v) is 6.80. The monoisotopic (exact) mass is 295 g/mol. The summed E-state index contributed by atoms with van der Waals surface area (Å²) in [6.07, 6.45) is 4.24. The number of aliphatic hydroxyl groups excluding tert-OH is 1. The highest BCUT2D eigenvalue weighted by Crippen LogP contribution is 2.34. The molecule has 1 N–H and O–H groups in total. The highest BCUT2D eigenvalue weighted by molar-refractivity contribution is 6.30. The van der Waals surface area contributed by atoms with Gasteiger partial charge in [-0.15, -0.1) is 0 Å². The Hall–Kier alpha value is -0.570. The lowest BCUT2D eigenvalue weighted by Crippen LogP contribution is -2.39. The number of benzene rings is 1. The average molecular weight is 296 g/mol. The van der Waals surface area contributed by atoms with Gasteiger partial charge in [0.2, 0.25) is 0 Å². The molecule has 20 heavy (non-hydrogen) atoms. The molecular weight excluding hydrogens is 270 g/mol. The molecule has 0 bridgehead atoms. The first-order valence-corrected chi connectivity index (χ1v) is 8.06. The zero-order valence-corrected chi connectivity index (χ0v) is 13.4. The molecule has 1 aromatic rings. The normalized spacial score (nSPS) is 20.8. The third-order valence-electron chi connectivity index (χ3n) is 4.89. The van der Waals surface area contributed by atoms with Gasteiger partial charge in [0.05, 0.1) is 6.10 Å². The molecule has 0 radical (unpaired) electrons. The van der Waals surface area contributed by atoms with Crippen molar-refractivity contribution in [2.45, 2.75) is 45.6 Å². The number of piperidine rings is 1. The van der Waals surface area contributed by atoms with Crippen LogP contribution in [0.1, 0.15) is 51.2 Å². The van der Waals surface area contributed by atoms with Crippen LogP contribution in [0.4, 0.5) is 0 Å². The van der Waals surface area contributed by atoms with Crippen LogP contribution >= 0.6 is 11.6 Å². The van der Waals surface area contributed by atoms with Gasteiger partial charge >= 0.3 is 0 Å². The van der Waals surface area contributed by atoms with Gasteiger partial charge < -0.3 is 10.0 Å². The van der Waals surface area contributed by atoms with Gasteiger partial charge in [-0.2, -0.15) is 0 Å². The summed E-state index contributed by atoms with van der Waals surface area (Å²) in [7, 11) is 0. The fraction of sp³-hybridized carbons (Fsp3) is 0.647. The van der Waals surface area contributed by atoms with Crippen LogP contribution in [0.2, 0.25) is 5.02 Å². The largest absolute Gasteiger partial charge is 0.388 e. The third kappa shape index (κ3) is 4.21. The lowest BCUT2D eigenvalue weighted by molar-refractivity contribution is 0.0910. The molecule has 1 fully saturated rings. The van der Waals surface area contributed by atoms with E-state index in [-0.39, 0.29) is 6.10 Å². The molecular formula is C17H26ClNO. The van der Waals surface area contributed by atoms with Crippen molar-refractivity contribution in [2.75, 3.05) is 19.6 Å². The van der Waals surface area contributed by atoms with Gasteiger partial charge in [0.1, 0.15) is 0 Å². The van der Waals surface area contributed by atoms with E-state index < -0.39 is 0 Å². The summed E-state index contributed by atoms with van der Waals surface area (Å²) >= 11 is 5.87. The van der Waals surface area contributed by atoms with Crippen molar-refractivity contribution < 1.29 is 5.11 Å². The van der Waals surface area contributed by atoms with E-state index in [4.69, 9.17) is 11.6 Å². The second kappa shape index (κ2) is 6.93. The van der Waals surface area contributed by atoms with Crippen LogP contribution in [0.15, 0.2) is 24.3 Å². The van der Waals surface area contributed by atoms with Crippen molar-refractivity contribution in [3.8, 4) is 0 Å². The fourth-order valence-electron chi connectivity index (χ4n) is 2.83. The van der Waals surface area contributed by atoms with Gasteiger partial charge in [-0.25, -0.2) is 0 Å². The molecule has 2 rings (SSSR count). The summed E-state index contributed by atoms with van der Waals surface area (Å²) in [5.41, 5.74) is 1.50. The first-order chi connectivity index (χ1) is 9.52. The van der Waals surface area contributed by atoms with E-state index in [0.717, 1.165) is 36.6 Å². The number of hydrogen-bond donors (Lipinski definition) is 1. The van der Waals surface area contributed by atoms with Crippen LogP contribution in [-0.2, 0) is 0 Å². The summed E-state index contributed by atoms with van der Waals surface area (Å²) < 4.78 is 0. The van der Waals surface area contributed by atoms with Gasteiger partial charge in [0.25, 0.3) is 0 Å². The van der Waals surface area contributed by atoms with E-state index in [2.05, 4.69) is 18.7 Å². The molecule has 0 saturated carbocycles. The lowest BCUT2D eigenvalue weighted by Gasteiger charge is -2.39. The Morgan fingerprint density at radius 3 is 2.40 bits per heavy atom. The SMILES string of the molecule is CCC1(C)CCN(CCC(O)c2ccc(Cl)cc2)CC1. The van der Waals surface area contributed by atoms with E-state index in [9.17, 15) is 5.11 Å². The first kappa shape index (κ1) is 15.8. The quantitative estimate of drug-likeness (QED) is 0.876. The number of aliphatic hydroxyl groups is 1. The fourth-order valence-corrected chi connectivity index (χ4v) is 2.95. The molecule has 1 atom stereocenters. The van der Waals surface area contributed by atoms with Crippen LogP contribution in [0, 0.1) is 5.41 Å². The Morgan fingerprint density at radius 2 is 1.85 bits per heavy atom. The Morgan fingerprint density at radius 1 is 1.25 bits per heavy atom. The number of nitrogens with zero attached hydrogens (tertiary/aromatic N) is 1. The Balaban J connectivity index is 1.77. The molecule has 112 valence electrons. The molecule has 0 aromatic heterocycles. The molecule has 2 nitrogen and oxygen atoms in total.